The third-order valence-electron chi connectivity index (χ3n) is 1.99. The molecule has 6 nitrogen and oxygen atoms in total. The van der Waals surface area contributed by atoms with Crippen LogP contribution in [0, 0.1) is 0 Å². The van der Waals surface area contributed by atoms with Crippen molar-refractivity contribution >= 4 is 12.0 Å². The quantitative estimate of drug-likeness (QED) is 0.438. The van der Waals surface area contributed by atoms with Gasteiger partial charge in [0.25, 0.3) is 5.95 Å². The van der Waals surface area contributed by atoms with Crippen LogP contribution in [0.4, 0.5) is 5.95 Å². The summed E-state index contributed by atoms with van der Waals surface area (Å²) in [6.07, 6.45) is 1.43. The third kappa shape index (κ3) is 1.49. The molecule has 0 saturated carbocycles. The molecule has 0 atom stereocenters. The summed E-state index contributed by atoms with van der Waals surface area (Å²) in [6.45, 7) is 2.50. The lowest BCUT2D eigenvalue weighted by molar-refractivity contribution is 0.254. The fourth-order valence-electron chi connectivity index (χ4n) is 1.33. The highest BCUT2D eigenvalue weighted by molar-refractivity contribution is 5.40. The smallest absolute Gasteiger partial charge is 0.279 e. The number of isocyanates is 1. The Morgan fingerprint density at radius 2 is 2.38 bits per heavy atom. The average Bonchev–Trinajstić information content (AvgIpc) is 2.46. The molecule has 0 saturated heterocycles. The second-order valence-corrected chi connectivity index (χ2v) is 2.99. The topological polar surface area (TPSA) is 63.4 Å². The maximum atomic E-state index is 9.96. The van der Waals surface area contributed by atoms with E-state index in [4.69, 9.17) is 0 Å². The molecule has 0 radical (unpaired) electrons. The van der Waals surface area contributed by atoms with Gasteiger partial charge in [0.05, 0.1) is 13.1 Å². The van der Waals surface area contributed by atoms with Gasteiger partial charge in [-0.3, -0.25) is 4.90 Å². The number of fused-ring (bicyclic) bond motifs is 1. The monoisotopic (exact) mass is 179 g/mol. The number of rotatable bonds is 1. The van der Waals surface area contributed by atoms with Crippen LogP contribution in [0.2, 0.25) is 0 Å². The molecule has 0 amide bonds. The predicted octanol–water partition coefficient (Wildman–Crippen LogP) is -0.309. The van der Waals surface area contributed by atoms with Gasteiger partial charge < -0.3 is 0 Å². The van der Waals surface area contributed by atoms with Crippen LogP contribution in [0.5, 0.6) is 0 Å². The molecule has 0 aromatic carbocycles. The number of hydrogen-bond donors (Lipinski definition) is 0. The minimum Gasteiger partial charge on any atom is -0.297 e. The lowest BCUT2D eigenvalue weighted by atomic mass is 10.4. The first-order valence-electron chi connectivity index (χ1n) is 4.00. The summed E-state index contributed by atoms with van der Waals surface area (Å²) in [7, 11) is 2.01. The maximum Gasteiger partial charge on any atom is 0.279 e. The van der Waals surface area contributed by atoms with E-state index in [-0.39, 0.29) is 5.95 Å². The number of carbonyl (C=O) groups excluding carboxylic acids is 1. The molecule has 1 aliphatic heterocycles. The minimum atomic E-state index is 0.209. The SMILES string of the molecule is CN1CCn2nc(N=C=O)nc2C1. The van der Waals surface area contributed by atoms with E-state index in [2.05, 4.69) is 20.0 Å². The molecule has 1 aromatic rings. The van der Waals surface area contributed by atoms with Crippen molar-refractivity contribution in [3.05, 3.63) is 5.82 Å². The number of likely N-dealkylation sites (N-methyl/N-ethyl adjacent to an activating group) is 1. The van der Waals surface area contributed by atoms with E-state index in [1.54, 1.807) is 4.68 Å². The molecular weight excluding hydrogens is 170 g/mol. The van der Waals surface area contributed by atoms with Crippen molar-refractivity contribution in [3.8, 4) is 0 Å². The highest BCUT2D eigenvalue weighted by Gasteiger charge is 2.16. The van der Waals surface area contributed by atoms with Crippen molar-refractivity contribution in [1.29, 1.82) is 0 Å². The van der Waals surface area contributed by atoms with E-state index in [1.807, 2.05) is 7.05 Å². The molecule has 1 aromatic heterocycles. The van der Waals surface area contributed by atoms with E-state index in [0.717, 1.165) is 25.5 Å². The molecule has 0 aliphatic carbocycles. The first-order chi connectivity index (χ1) is 6.29. The lowest BCUT2D eigenvalue weighted by Gasteiger charge is -2.21. The first-order valence-corrected chi connectivity index (χ1v) is 4.00. The van der Waals surface area contributed by atoms with Gasteiger partial charge in [0.2, 0.25) is 6.08 Å². The summed E-state index contributed by atoms with van der Waals surface area (Å²) in [5, 5.41) is 4.02. The van der Waals surface area contributed by atoms with Gasteiger partial charge in [-0.15, -0.1) is 10.1 Å². The van der Waals surface area contributed by atoms with Crippen LogP contribution >= 0.6 is 0 Å². The number of aliphatic imine (C=N–C) groups is 1. The van der Waals surface area contributed by atoms with Crippen LogP contribution < -0.4 is 0 Å². The van der Waals surface area contributed by atoms with Gasteiger partial charge in [0.15, 0.2) is 0 Å². The Kier molecular flexibility index (Phi) is 1.92. The predicted molar refractivity (Wildman–Crippen MR) is 44.1 cm³/mol. The zero-order valence-electron chi connectivity index (χ0n) is 7.27. The van der Waals surface area contributed by atoms with Crippen molar-refractivity contribution in [1.82, 2.24) is 19.7 Å². The fourth-order valence-corrected chi connectivity index (χ4v) is 1.33. The van der Waals surface area contributed by atoms with E-state index >= 15 is 0 Å². The number of hydrogen-bond acceptors (Lipinski definition) is 5. The molecule has 2 heterocycles. The van der Waals surface area contributed by atoms with Crippen molar-refractivity contribution < 1.29 is 4.79 Å². The Bertz CT molecular complexity index is 365. The standard InChI is InChI=1S/C7H9N5O/c1-11-2-3-12-6(4-11)9-7(10-12)8-5-13/h2-4H2,1H3. The van der Waals surface area contributed by atoms with Crippen LogP contribution in [0.15, 0.2) is 4.99 Å². The third-order valence-corrected chi connectivity index (χ3v) is 1.99. The van der Waals surface area contributed by atoms with E-state index in [1.165, 1.54) is 6.08 Å². The summed E-state index contributed by atoms with van der Waals surface area (Å²) < 4.78 is 1.77. The molecule has 1 aliphatic rings. The van der Waals surface area contributed by atoms with Crippen LogP contribution in [0.1, 0.15) is 5.82 Å². The molecule has 2 rings (SSSR count). The molecule has 0 fully saturated rings. The highest BCUT2D eigenvalue weighted by Crippen LogP contribution is 2.11. The largest absolute Gasteiger partial charge is 0.297 e. The second kappa shape index (κ2) is 3.08. The Morgan fingerprint density at radius 3 is 3.15 bits per heavy atom. The maximum absolute atomic E-state index is 9.96. The van der Waals surface area contributed by atoms with E-state index in [9.17, 15) is 4.79 Å². The van der Waals surface area contributed by atoms with Gasteiger partial charge in [0, 0.05) is 6.54 Å². The lowest BCUT2D eigenvalue weighted by Crippen LogP contribution is -2.30. The van der Waals surface area contributed by atoms with Crippen molar-refractivity contribution in [3.63, 3.8) is 0 Å². The Labute approximate surface area is 74.9 Å². The highest BCUT2D eigenvalue weighted by atomic mass is 16.1. The van der Waals surface area contributed by atoms with Crippen LogP contribution in [0.3, 0.4) is 0 Å². The van der Waals surface area contributed by atoms with Gasteiger partial charge in [-0.25, -0.2) is 9.48 Å². The molecule has 13 heavy (non-hydrogen) atoms. The molecule has 0 N–H and O–H groups in total. The summed E-state index contributed by atoms with van der Waals surface area (Å²) in [5.41, 5.74) is 0. The molecule has 68 valence electrons. The van der Waals surface area contributed by atoms with Crippen molar-refractivity contribution in [2.24, 2.45) is 4.99 Å². The Balaban J connectivity index is 2.33. The van der Waals surface area contributed by atoms with E-state index < -0.39 is 0 Å². The fraction of sp³-hybridized carbons (Fsp3) is 0.571. The van der Waals surface area contributed by atoms with Gasteiger partial charge in [0.1, 0.15) is 5.82 Å². The minimum absolute atomic E-state index is 0.209. The van der Waals surface area contributed by atoms with Gasteiger partial charge in [-0.05, 0) is 7.05 Å². The van der Waals surface area contributed by atoms with Gasteiger partial charge in [-0.1, -0.05) is 0 Å². The first kappa shape index (κ1) is 8.10. The zero-order chi connectivity index (χ0) is 9.26. The molecule has 0 spiro atoms. The molecule has 0 bridgehead atoms. The van der Waals surface area contributed by atoms with Crippen LogP contribution in [0.25, 0.3) is 0 Å². The van der Waals surface area contributed by atoms with Gasteiger partial charge >= 0.3 is 0 Å². The summed E-state index contributed by atoms with van der Waals surface area (Å²) in [4.78, 5) is 19.5. The molecule has 6 heteroatoms. The molecular formula is C7H9N5O. The Morgan fingerprint density at radius 1 is 1.54 bits per heavy atom. The normalized spacial score (nSPS) is 16.4. The van der Waals surface area contributed by atoms with E-state index in [0.29, 0.717) is 0 Å². The second-order valence-electron chi connectivity index (χ2n) is 2.99. The number of aromatic nitrogens is 3. The van der Waals surface area contributed by atoms with Crippen LogP contribution in [-0.4, -0.2) is 39.3 Å². The van der Waals surface area contributed by atoms with Crippen molar-refractivity contribution in [2.45, 2.75) is 13.1 Å². The summed E-state index contributed by atoms with van der Waals surface area (Å²) in [6, 6.07) is 0. The average molecular weight is 179 g/mol. The summed E-state index contributed by atoms with van der Waals surface area (Å²) in [5.74, 6) is 1.06. The molecule has 0 unspecified atom stereocenters. The van der Waals surface area contributed by atoms with Gasteiger partial charge in [-0.2, -0.15) is 4.98 Å². The van der Waals surface area contributed by atoms with Crippen LogP contribution in [-0.2, 0) is 17.9 Å². The summed E-state index contributed by atoms with van der Waals surface area (Å²) >= 11 is 0. The number of nitrogens with zero attached hydrogens (tertiary/aromatic N) is 5. The zero-order valence-corrected chi connectivity index (χ0v) is 7.27. The van der Waals surface area contributed by atoms with Crippen molar-refractivity contribution in [2.75, 3.05) is 13.6 Å². The Hall–Kier alpha value is -1.52.